The van der Waals surface area contributed by atoms with Crippen LogP contribution in [0.2, 0.25) is 0 Å². The average molecular weight is 991 g/mol. The second-order valence-electron chi connectivity index (χ2n) is 17.6. The van der Waals surface area contributed by atoms with Crippen LogP contribution in [0.15, 0.2) is 29.3 Å². The number of carbonyl (C=O) groups is 8. The van der Waals surface area contributed by atoms with Crippen molar-refractivity contribution >= 4 is 60.5 Å². The molecule has 3 rings (SSSR count). The van der Waals surface area contributed by atoms with Gasteiger partial charge in [0.2, 0.25) is 23.6 Å². The fourth-order valence-electron chi connectivity index (χ4n) is 8.02. The Morgan fingerprint density at radius 1 is 0.771 bits per heavy atom. The van der Waals surface area contributed by atoms with Gasteiger partial charge in [0, 0.05) is 97.6 Å². The van der Waals surface area contributed by atoms with Gasteiger partial charge in [0.1, 0.15) is 12.1 Å². The summed E-state index contributed by atoms with van der Waals surface area (Å²) >= 11 is 0. The van der Waals surface area contributed by atoms with Crippen LogP contribution in [-0.2, 0) is 40.1 Å². The number of aliphatic imine (C=N–C) groups is 1. The lowest BCUT2D eigenvalue weighted by molar-refractivity contribution is -0.140. The molecule has 1 aromatic carbocycles. The van der Waals surface area contributed by atoms with Crippen molar-refractivity contribution in [2.45, 2.75) is 76.1 Å². The van der Waals surface area contributed by atoms with Crippen molar-refractivity contribution < 1.29 is 68.8 Å². The largest absolute Gasteiger partial charge is 0.480 e. The van der Waals surface area contributed by atoms with Crippen molar-refractivity contribution in [3.8, 4) is 0 Å². The van der Waals surface area contributed by atoms with Gasteiger partial charge in [-0.05, 0) is 56.7 Å². The van der Waals surface area contributed by atoms with Crippen LogP contribution in [0, 0.1) is 0 Å². The molecule has 70 heavy (non-hydrogen) atoms. The highest BCUT2D eigenvalue weighted by Crippen LogP contribution is 2.20. The molecule has 26 nitrogen and oxygen atoms in total. The van der Waals surface area contributed by atoms with E-state index >= 15 is 0 Å². The third kappa shape index (κ3) is 21.8. The van der Waals surface area contributed by atoms with Crippen molar-refractivity contribution in [3.05, 3.63) is 35.4 Å². The Labute approximate surface area is 407 Å². The van der Waals surface area contributed by atoms with Gasteiger partial charge in [0.15, 0.2) is 5.96 Å². The number of carboxylic acids is 3. The molecule has 0 unspecified atom stereocenters. The average Bonchev–Trinajstić information content (AvgIpc) is 3.69. The van der Waals surface area contributed by atoms with Gasteiger partial charge < -0.3 is 67.7 Å². The Morgan fingerprint density at radius 2 is 1.29 bits per heavy atom. The number of guanidine groups is 1. The molecule has 5 amide bonds. The molecule has 27 heteroatoms. The Kier molecular flexibility index (Phi) is 24.9. The van der Waals surface area contributed by atoms with Crippen molar-refractivity contribution in [2.24, 2.45) is 16.5 Å². The standard InChI is InChI=1S/C43H71BN12O14/c1-29(42(68)56-24-32(57)22-34(56)44(69)70)49-40(66)31-10-8-30(9-11-31)23-51(2)36(59)7-3-4-12-47-41(67)33(6-5-13-48-43(45)46)50-35(58)25-52-14-16-53(26-37(60)61)18-20-55(28-39(64)65)21-19-54(17-15-52)27-38(62)63/h8-11,29,32-34,57,69-70H,3-7,12-28H2,1-2H3,(H,47,67)(H,49,66)(H,50,58)(H,60,61)(H,62,63)(H,64,65)(H4,45,46,48)/t29-,32+,33+,34+/m1/s1. The highest BCUT2D eigenvalue weighted by molar-refractivity contribution is 6.43. The fraction of sp³-hybridized carbons (Fsp3) is 0.651. The van der Waals surface area contributed by atoms with Gasteiger partial charge in [-0.25, -0.2) is 0 Å². The van der Waals surface area contributed by atoms with Gasteiger partial charge in [0.25, 0.3) is 5.91 Å². The molecule has 0 radical (unpaired) electrons. The molecule has 2 heterocycles. The molecule has 390 valence electrons. The first-order valence-electron chi connectivity index (χ1n) is 23.3. The molecule has 4 atom stereocenters. The van der Waals surface area contributed by atoms with Gasteiger partial charge in [0.05, 0.1) is 38.2 Å². The minimum atomic E-state index is -1.84. The lowest BCUT2D eigenvalue weighted by atomic mass is 9.77. The quantitative estimate of drug-likeness (QED) is 0.0189. The summed E-state index contributed by atoms with van der Waals surface area (Å²) < 4.78 is 0. The van der Waals surface area contributed by atoms with E-state index in [9.17, 15) is 68.8 Å². The summed E-state index contributed by atoms with van der Waals surface area (Å²) in [6, 6.07) is 4.45. The lowest BCUT2D eigenvalue weighted by Crippen LogP contribution is -2.52. The summed E-state index contributed by atoms with van der Waals surface area (Å²) in [4.78, 5) is 114. The lowest BCUT2D eigenvalue weighted by Gasteiger charge is -2.33. The summed E-state index contributed by atoms with van der Waals surface area (Å²) in [5.74, 6) is -6.62. The number of nitrogens with zero attached hydrogens (tertiary/aromatic N) is 7. The molecular formula is C43H71BN12O14. The summed E-state index contributed by atoms with van der Waals surface area (Å²) in [6.45, 7) is 2.53. The van der Waals surface area contributed by atoms with E-state index in [1.54, 1.807) is 50.9 Å². The first kappa shape index (κ1) is 58.3. The molecular weight excluding hydrogens is 919 g/mol. The zero-order chi connectivity index (χ0) is 51.9. The number of aliphatic hydroxyl groups excluding tert-OH is 1. The third-order valence-electron chi connectivity index (χ3n) is 11.8. The molecule has 1 aromatic rings. The molecule has 2 aliphatic heterocycles. The van der Waals surface area contributed by atoms with E-state index in [-0.39, 0.29) is 141 Å². The maximum Gasteiger partial charge on any atom is 0.475 e. The minimum absolute atomic E-state index is 0.00261. The number of nitrogens with one attached hydrogen (secondary N) is 3. The first-order valence-corrected chi connectivity index (χ1v) is 23.3. The van der Waals surface area contributed by atoms with Gasteiger partial charge in [-0.1, -0.05) is 12.1 Å². The van der Waals surface area contributed by atoms with Gasteiger partial charge in [-0.15, -0.1) is 0 Å². The van der Waals surface area contributed by atoms with Crippen LogP contribution in [0.25, 0.3) is 0 Å². The Bertz CT molecular complexity index is 1910. The predicted octanol–water partition coefficient (Wildman–Crippen LogP) is -4.96. The Balaban J connectivity index is 1.52. The van der Waals surface area contributed by atoms with Crippen LogP contribution < -0.4 is 27.4 Å². The molecule has 0 bridgehead atoms. The number of aliphatic carboxylic acids is 3. The highest BCUT2D eigenvalue weighted by atomic mass is 16.4. The molecule has 2 fully saturated rings. The summed E-state index contributed by atoms with van der Waals surface area (Å²) in [6.07, 6.45) is 0.646. The number of amides is 5. The van der Waals surface area contributed by atoms with Crippen molar-refractivity contribution in [2.75, 3.05) is 105 Å². The second kappa shape index (κ2) is 29.9. The van der Waals surface area contributed by atoms with Gasteiger partial charge in [-0.3, -0.25) is 62.9 Å². The second-order valence-corrected chi connectivity index (χ2v) is 17.6. The SMILES string of the molecule is C[C@@H](NC(=O)c1ccc(CN(C)C(=O)CCCCNC(=O)[C@H](CCCN=C(N)N)NC(=O)CN2CCN(CC(=O)O)CCN(CC(=O)O)CCN(CC(=O)O)CC2)cc1)C(=O)N1C[C@@H](O)C[C@H]1B(O)O. The van der Waals surface area contributed by atoms with E-state index < -0.39 is 72.8 Å². The number of nitrogens with two attached hydrogens (primary N) is 2. The molecule has 2 saturated heterocycles. The van der Waals surface area contributed by atoms with Crippen molar-refractivity contribution in [3.63, 3.8) is 0 Å². The monoisotopic (exact) mass is 991 g/mol. The maximum absolute atomic E-state index is 13.6. The summed E-state index contributed by atoms with van der Waals surface area (Å²) in [5, 5.41) is 65.8. The number of hydrogen-bond acceptors (Lipinski definition) is 16. The predicted molar refractivity (Wildman–Crippen MR) is 254 cm³/mol. The van der Waals surface area contributed by atoms with E-state index in [0.717, 1.165) is 10.5 Å². The number of unbranched alkanes of at least 4 members (excludes halogenated alkanes) is 1. The molecule has 0 aromatic heterocycles. The van der Waals surface area contributed by atoms with E-state index in [4.69, 9.17) is 11.5 Å². The summed E-state index contributed by atoms with van der Waals surface area (Å²) in [7, 11) is -0.205. The number of β-amino-alcohol motifs (C(OH)–C–C–N with tert-alkyl or cyclic N) is 1. The summed E-state index contributed by atoms with van der Waals surface area (Å²) in [5.41, 5.74) is 11.9. The number of hydrogen-bond donors (Lipinski definition) is 11. The van der Waals surface area contributed by atoms with Gasteiger partial charge >= 0.3 is 25.0 Å². The van der Waals surface area contributed by atoms with Crippen LogP contribution in [0.5, 0.6) is 0 Å². The normalized spacial score (nSPS) is 18.6. The van der Waals surface area contributed by atoms with Gasteiger partial charge in [-0.2, -0.15) is 0 Å². The van der Waals surface area contributed by atoms with E-state index in [1.165, 1.54) is 11.8 Å². The van der Waals surface area contributed by atoms with E-state index in [2.05, 4.69) is 20.9 Å². The first-order chi connectivity index (χ1) is 33.1. The topological polar surface area (TPSA) is 378 Å². The van der Waals surface area contributed by atoms with E-state index in [0.29, 0.717) is 19.3 Å². The van der Waals surface area contributed by atoms with Crippen LogP contribution in [0.4, 0.5) is 0 Å². The maximum atomic E-state index is 13.6. The number of aliphatic hydroxyl groups is 1. The molecule has 13 N–H and O–H groups in total. The number of rotatable bonds is 25. The molecule has 2 aliphatic rings. The zero-order valence-electron chi connectivity index (χ0n) is 40.0. The molecule has 0 spiro atoms. The Morgan fingerprint density at radius 3 is 1.77 bits per heavy atom. The van der Waals surface area contributed by atoms with E-state index in [1.807, 2.05) is 0 Å². The smallest absolute Gasteiger partial charge is 0.475 e. The van der Waals surface area contributed by atoms with Crippen LogP contribution in [0.1, 0.15) is 61.4 Å². The number of benzene rings is 1. The molecule has 0 saturated carbocycles. The van der Waals surface area contributed by atoms with Crippen LogP contribution >= 0.6 is 0 Å². The third-order valence-corrected chi connectivity index (χ3v) is 11.8. The van der Waals surface area contributed by atoms with Crippen molar-refractivity contribution in [1.82, 2.24) is 45.3 Å². The van der Waals surface area contributed by atoms with Crippen molar-refractivity contribution in [1.29, 1.82) is 0 Å². The fourth-order valence-corrected chi connectivity index (χ4v) is 8.02. The minimum Gasteiger partial charge on any atom is -0.480 e. The molecule has 0 aliphatic carbocycles. The highest BCUT2D eigenvalue weighted by Gasteiger charge is 2.42. The van der Waals surface area contributed by atoms with Crippen LogP contribution in [-0.4, -0.2) is 250 Å². The zero-order valence-corrected chi connectivity index (χ0v) is 40.0. The number of carboxylic acid groups (broad SMARTS) is 3. The van der Waals surface area contributed by atoms with Crippen LogP contribution in [0.3, 0.4) is 0 Å². The number of carbonyl (C=O) groups excluding carboxylic acids is 5. The number of likely N-dealkylation sites (tertiary alicyclic amines) is 1. The Hall–Kier alpha value is -5.97.